The molecule has 0 radical (unpaired) electrons. The molecular formula is C13H9ClOS. The highest BCUT2D eigenvalue weighted by Gasteiger charge is 2.23. The molecule has 1 unspecified atom stereocenters. The summed E-state index contributed by atoms with van der Waals surface area (Å²) in [5.74, 6) is 0. The van der Waals surface area contributed by atoms with E-state index in [9.17, 15) is 5.11 Å². The predicted molar refractivity (Wildman–Crippen MR) is 67.7 cm³/mol. The Hall–Kier alpha value is -0.960. The van der Waals surface area contributed by atoms with E-state index in [1.165, 1.54) is 11.8 Å². The van der Waals surface area contributed by atoms with Gasteiger partial charge < -0.3 is 5.11 Å². The summed E-state index contributed by atoms with van der Waals surface area (Å²) in [6.07, 6.45) is 0. The lowest BCUT2D eigenvalue weighted by atomic mass is 9.99. The van der Waals surface area contributed by atoms with Crippen LogP contribution in [-0.4, -0.2) is 5.11 Å². The summed E-state index contributed by atoms with van der Waals surface area (Å²) in [4.78, 5) is 1.08. The third-order valence-electron chi connectivity index (χ3n) is 2.70. The molecule has 0 spiro atoms. The molecule has 1 nitrogen and oxygen atoms in total. The van der Waals surface area contributed by atoms with Gasteiger partial charge in [0.2, 0.25) is 0 Å². The van der Waals surface area contributed by atoms with Crippen molar-refractivity contribution < 1.29 is 5.11 Å². The lowest BCUT2D eigenvalue weighted by Crippen LogP contribution is -2.01. The van der Waals surface area contributed by atoms with Gasteiger partial charge in [-0.05, 0) is 34.9 Å². The molecule has 0 saturated heterocycles. The van der Waals surface area contributed by atoms with Gasteiger partial charge >= 0.3 is 0 Å². The van der Waals surface area contributed by atoms with E-state index in [4.69, 9.17) is 11.6 Å². The van der Waals surface area contributed by atoms with Gasteiger partial charge in [-0.25, -0.2) is 0 Å². The molecule has 0 saturated carbocycles. The Labute approximate surface area is 103 Å². The van der Waals surface area contributed by atoms with Gasteiger partial charge in [0.15, 0.2) is 0 Å². The van der Waals surface area contributed by atoms with Crippen molar-refractivity contribution in [2.75, 3.05) is 0 Å². The molecule has 0 aliphatic carbocycles. The van der Waals surface area contributed by atoms with Crippen LogP contribution in [0.2, 0.25) is 5.02 Å². The SMILES string of the molecule is OC1Sc2ccc(Cl)cc2-c2ccccc21. The molecular weight excluding hydrogens is 240 g/mol. The van der Waals surface area contributed by atoms with Crippen LogP contribution in [0.4, 0.5) is 0 Å². The average molecular weight is 249 g/mol. The van der Waals surface area contributed by atoms with Crippen LogP contribution in [0.25, 0.3) is 11.1 Å². The molecule has 3 rings (SSSR count). The minimum atomic E-state index is -0.482. The summed E-state index contributed by atoms with van der Waals surface area (Å²) < 4.78 is 0. The number of aliphatic hydroxyl groups excluding tert-OH is 1. The summed E-state index contributed by atoms with van der Waals surface area (Å²) in [6, 6.07) is 13.7. The van der Waals surface area contributed by atoms with Crippen LogP contribution in [0, 0.1) is 0 Å². The van der Waals surface area contributed by atoms with Crippen molar-refractivity contribution in [1.29, 1.82) is 0 Å². The molecule has 80 valence electrons. The molecule has 1 heterocycles. The Kier molecular flexibility index (Phi) is 2.43. The summed E-state index contributed by atoms with van der Waals surface area (Å²) in [5, 5.41) is 10.7. The normalized spacial score (nSPS) is 17.8. The number of benzene rings is 2. The maximum atomic E-state index is 10.0. The molecule has 1 aliphatic heterocycles. The van der Waals surface area contributed by atoms with Crippen LogP contribution in [0.15, 0.2) is 47.4 Å². The Balaban J connectivity index is 2.29. The van der Waals surface area contributed by atoms with E-state index < -0.39 is 5.44 Å². The summed E-state index contributed by atoms with van der Waals surface area (Å²) in [6.45, 7) is 0. The Morgan fingerprint density at radius 3 is 2.75 bits per heavy atom. The van der Waals surface area contributed by atoms with E-state index in [-0.39, 0.29) is 0 Å². The van der Waals surface area contributed by atoms with Gasteiger partial charge in [0, 0.05) is 9.92 Å². The molecule has 0 aromatic heterocycles. The molecule has 1 atom stereocenters. The number of thioether (sulfide) groups is 1. The fraction of sp³-hybridized carbons (Fsp3) is 0.0769. The van der Waals surface area contributed by atoms with Crippen molar-refractivity contribution in [3.63, 3.8) is 0 Å². The van der Waals surface area contributed by atoms with Crippen LogP contribution in [0.3, 0.4) is 0 Å². The molecule has 1 N–H and O–H groups in total. The third-order valence-corrected chi connectivity index (χ3v) is 4.02. The van der Waals surface area contributed by atoms with Gasteiger partial charge in [0.05, 0.1) is 0 Å². The zero-order valence-corrected chi connectivity index (χ0v) is 9.92. The average Bonchev–Trinajstić information content (AvgIpc) is 2.31. The topological polar surface area (TPSA) is 20.2 Å². The van der Waals surface area contributed by atoms with Gasteiger partial charge in [-0.1, -0.05) is 47.6 Å². The fourth-order valence-corrected chi connectivity index (χ4v) is 3.14. The van der Waals surface area contributed by atoms with Crippen LogP contribution < -0.4 is 0 Å². The summed E-state index contributed by atoms with van der Waals surface area (Å²) in [7, 11) is 0. The monoisotopic (exact) mass is 248 g/mol. The van der Waals surface area contributed by atoms with E-state index in [1.807, 2.05) is 42.5 Å². The minimum absolute atomic E-state index is 0.482. The van der Waals surface area contributed by atoms with Gasteiger partial charge in [-0.2, -0.15) is 0 Å². The van der Waals surface area contributed by atoms with Crippen LogP contribution >= 0.6 is 23.4 Å². The maximum absolute atomic E-state index is 10.0. The van der Waals surface area contributed by atoms with Crippen molar-refractivity contribution in [1.82, 2.24) is 0 Å². The molecule has 1 aliphatic rings. The lowest BCUT2D eigenvalue weighted by Gasteiger charge is -2.23. The molecule has 3 heteroatoms. The highest BCUT2D eigenvalue weighted by molar-refractivity contribution is 7.99. The number of halogens is 1. The van der Waals surface area contributed by atoms with Crippen molar-refractivity contribution in [3.8, 4) is 11.1 Å². The highest BCUT2D eigenvalue weighted by atomic mass is 35.5. The van der Waals surface area contributed by atoms with E-state index in [2.05, 4.69) is 0 Å². The zero-order valence-electron chi connectivity index (χ0n) is 8.35. The molecule has 16 heavy (non-hydrogen) atoms. The number of hydrogen-bond acceptors (Lipinski definition) is 2. The Morgan fingerprint density at radius 1 is 1.06 bits per heavy atom. The highest BCUT2D eigenvalue weighted by Crippen LogP contribution is 2.47. The van der Waals surface area contributed by atoms with E-state index in [0.717, 1.165) is 26.6 Å². The minimum Gasteiger partial charge on any atom is -0.378 e. The molecule has 0 fully saturated rings. The first-order valence-electron chi connectivity index (χ1n) is 4.99. The van der Waals surface area contributed by atoms with Crippen molar-refractivity contribution in [2.24, 2.45) is 0 Å². The Bertz CT molecular complexity index is 553. The number of hydrogen-bond donors (Lipinski definition) is 1. The van der Waals surface area contributed by atoms with E-state index >= 15 is 0 Å². The van der Waals surface area contributed by atoms with Crippen molar-refractivity contribution >= 4 is 23.4 Å². The second-order valence-electron chi connectivity index (χ2n) is 3.70. The van der Waals surface area contributed by atoms with Gasteiger partial charge in [0.1, 0.15) is 5.44 Å². The maximum Gasteiger partial charge on any atom is 0.130 e. The van der Waals surface area contributed by atoms with Crippen LogP contribution in [0.5, 0.6) is 0 Å². The van der Waals surface area contributed by atoms with E-state index in [1.54, 1.807) is 0 Å². The van der Waals surface area contributed by atoms with Gasteiger partial charge in [0.25, 0.3) is 0 Å². The summed E-state index contributed by atoms with van der Waals surface area (Å²) in [5.41, 5.74) is 2.66. The first kappa shape index (κ1) is 10.2. The molecule has 0 bridgehead atoms. The van der Waals surface area contributed by atoms with Crippen LogP contribution in [0.1, 0.15) is 11.0 Å². The van der Waals surface area contributed by atoms with E-state index in [0.29, 0.717) is 0 Å². The van der Waals surface area contributed by atoms with Gasteiger partial charge in [-0.3, -0.25) is 0 Å². The summed E-state index contributed by atoms with van der Waals surface area (Å²) >= 11 is 7.47. The number of aliphatic hydroxyl groups is 1. The fourth-order valence-electron chi connectivity index (χ4n) is 1.96. The quantitative estimate of drug-likeness (QED) is 0.757. The Morgan fingerprint density at radius 2 is 1.88 bits per heavy atom. The molecule has 2 aromatic carbocycles. The third kappa shape index (κ3) is 1.54. The molecule has 0 amide bonds. The lowest BCUT2D eigenvalue weighted by molar-refractivity contribution is 0.270. The number of fused-ring (bicyclic) bond motifs is 3. The largest absolute Gasteiger partial charge is 0.378 e. The van der Waals surface area contributed by atoms with Crippen LogP contribution in [-0.2, 0) is 0 Å². The molecule has 2 aromatic rings. The second kappa shape index (κ2) is 3.81. The standard InChI is InChI=1S/C13H9ClOS/c14-8-5-6-12-11(7-8)9-3-1-2-4-10(9)13(15)16-12/h1-7,13,15H. The van der Waals surface area contributed by atoms with Crippen molar-refractivity contribution in [2.45, 2.75) is 10.3 Å². The number of rotatable bonds is 0. The predicted octanol–water partition coefficient (Wildman–Crippen LogP) is 4.10. The zero-order chi connectivity index (χ0) is 11.1. The second-order valence-corrected chi connectivity index (χ2v) is 5.26. The van der Waals surface area contributed by atoms with Crippen molar-refractivity contribution in [3.05, 3.63) is 53.1 Å². The first-order chi connectivity index (χ1) is 7.75. The van der Waals surface area contributed by atoms with Gasteiger partial charge in [-0.15, -0.1) is 0 Å². The smallest absolute Gasteiger partial charge is 0.130 e. The first-order valence-corrected chi connectivity index (χ1v) is 6.25.